The Balaban J connectivity index is 1.11. The van der Waals surface area contributed by atoms with Gasteiger partial charge in [0.15, 0.2) is 5.78 Å². The number of allylic oxidation sites excluding steroid dienone is 4. The van der Waals surface area contributed by atoms with Gasteiger partial charge >= 0.3 is 0 Å². The van der Waals surface area contributed by atoms with Crippen molar-refractivity contribution in [2.75, 3.05) is 20.2 Å². The minimum absolute atomic E-state index is 0.0542. The van der Waals surface area contributed by atoms with Crippen molar-refractivity contribution in [1.29, 1.82) is 0 Å². The zero-order valence-electron chi connectivity index (χ0n) is 31.5. The number of carbonyl (C=O) groups is 1. The van der Waals surface area contributed by atoms with Crippen LogP contribution in [-0.4, -0.2) is 63.9 Å². The first-order valence-corrected chi connectivity index (χ1v) is 20.0. The van der Waals surface area contributed by atoms with E-state index in [0.717, 1.165) is 73.9 Å². The van der Waals surface area contributed by atoms with Crippen molar-refractivity contribution in [3.05, 3.63) is 125 Å². The fourth-order valence-electron chi connectivity index (χ4n) is 13.3. The van der Waals surface area contributed by atoms with Gasteiger partial charge in [-0.15, -0.1) is 0 Å². The maximum absolute atomic E-state index is 14.9. The van der Waals surface area contributed by atoms with Gasteiger partial charge in [0, 0.05) is 40.0 Å². The van der Waals surface area contributed by atoms with Crippen molar-refractivity contribution in [2.45, 2.75) is 95.0 Å². The van der Waals surface area contributed by atoms with E-state index in [2.05, 4.69) is 37.0 Å². The topological polar surface area (TPSA) is 90.2 Å². The first-order valence-electron chi connectivity index (χ1n) is 20.0. The highest BCUT2D eigenvalue weighted by Crippen LogP contribution is 2.78. The fraction of sp³-hybridized carbons (Fsp3) is 0.511. The highest BCUT2D eigenvalue weighted by atomic mass is 16.5. The van der Waals surface area contributed by atoms with Crippen LogP contribution in [-0.2, 0) is 5.60 Å². The van der Waals surface area contributed by atoms with Gasteiger partial charge in [-0.25, -0.2) is 0 Å². The number of Topliss-reactive ketones (excluding diaryl/α,β-unsaturated/α-hetero) is 1. The summed E-state index contributed by atoms with van der Waals surface area (Å²) in [6.07, 6.45) is 14.1. The number of carbonyl (C=O) groups excluding carboxylic acids is 1. The summed E-state index contributed by atoms with van der Waals surface area (Å²) in [7, 11) is 1.64. The number of rotatable bonds is 8. The third-order valence-corrected chi connectivity index (χ3v) is 16.0. The largest absolute Gasteiger partial charge is 0.497 e. The van der Waals surface area contributed by atoms with E-state index in [-0.39, 0.29) is 34.5 Å². The molecule has 2 bridgehead atoms. The van der Waals surface area contributed by atoms with E-state index in [1.807, 2.05) is 84.9 Å². The second-order valence-corrected chi connectivity index (χ2v) is 18.0. The Bertz CT molecular complexity index is 1900. The Morgan fingerprint density at radius 3 is 2.11 bits per heavy atom. The molecule has 2 spiro atoms. The molecule has 3 aromatic rings. The molecule has 10 rings (SSSR count). The third-order valence-electron chi connectivity index (χ3n) is 16.0. The SMILES string of the molecule is COc1ccc(C(=O)C2=C[C@@]34C=C[C@@]25[C@@H]2CC[C@@](O)(CN6CCC[C@@H]6C(O)(c6ccccc6)c6ccccc6)[C@@]2(C)CC[C@@H]5[C@@]3(C)CCC(O)C4)cc1. The van der Waals surface area contributed by atoms with Crippen LogP contribution >= 0.6 is 0 Å². The number of β-amino-alcohol motifs (C(OH)–C–C–N with tert-alkyl or cyclic N) is 1. The molecule has 1 saturated heterocycles. The number of aliphatic hydroxyl groups is 3. The van der Waals surface area contributed by atoms with Gasteiger partial charge in [-0.1, -0.05) is 92.7 Å². The van der Waals surface area contributed by atoms with Gasteiger partial charge < -0.3 is 20.1 Å². The van der Waals surface area contributed by atoms with E-state index >= 15 is 0 Å². The van der Waals surface area contributed by atoms with Gasteiger partial charge in [0.25, 0.3) is 0 Å². The van der Waals surface area contributed by atoms with E-state index < -0.39 is 28.1 Å². The quantitative estimate of drug-likeness (QED) is 0.163. The van der Waals surface area contributed by atoms with Crippen LogP contribution in [0.2, 0.25) is 0 Å². The van der Waals surface area contributed by atoms with Crippen LogP contribution in [0.5, 0.6) is 5.75 Å². The standard InChI is InChI=1S/C47H55NO5/c1-42-23-20-35(49)29-44(42)26-27-46(37(30-44)41(50)32-16-18-36(53-3)19-17-32)38(42)21-24-43(2)39(46)22-25-45(43,51)31-48-28-10-15-40(48)47(52,33-11-6-4-7-12-33)34-13-8-5-9-14-34/h4-9,11-14,16-19,26-27,30,35,38-40,49,51-52H,10,15,20-25,28-29,31H2,1-3H3/t35?,38-,39-,40-,42-,43+,44+,45-,46-/m1/s1. The maximum atomic E-state index is 14.9. The Morgan fingerprint density at radius 2 is 1.45 bits per heavy atom. The molecule has 0 amide bonds. The molecule has 1 unspecified atom stereocenters. The normalized spacial score (nSPS) is 38.9. The molecule has 6 aliphatic carbocycles. The number of ether oxygens (including phenoxy) is 1. The van der Waals surface area contributed by atoms with Crippen molar-refractivity contribution in [3.63, 3.8) is 0 Å². The van der Waals surface area contributed by atoms with Crippen LogP contribution in [0.15, 0.2) is 109 Å². The summed E-state index contributed by atoms with van der Waals surface area (Å²) < 4.78 is 5.44. The number of aliphatic hydroxyl groups excluding tert-OH is 1. The van der Waals surface area contributed by atoms with Crippen molar-refractivity contribution in [1.82, 2.24) is 4.90 Å². The molecule has 3 saturated carbocycles. The summed E-state index contributed by atoms with van der Waals surface area (Å²) in [6.45, 7) is 6.04. The summed E-state index contributed by atoms with van der Waals surface area (Å²) in [4.78, 5) is 17.3. The van der Waals surface area contributed by atoms with Crippen molar-refractivity contribution >= 4 is 5.78 Å². The van der Waals surface area contributed by atoms with Crippen LogP contribution in [0.4, 0.5) is 0 Å². The molecule has 1 heterocycles. The fourth-order valence-corrected chi connectivity index (χ4v) is 13.3. The molecule has 6 heteroatoms. The van der Waals surface area contributed by atoms with Gasteiger partial charge in [-0.05, 0) is 117 Å². The molecule has 6 nitrogen and oxygen atoms in total. The molecule has 3 N–H and O–H groups in total. The number of ketones is 1. The summed E-state index contributed by atoms with van der Waals surface area (Å²) in [5.74, 6) is 1.07. The Labute approximate surface area is 314 Å². The van der Waals surface area contributed by atoms with Gasteiger partial charge in [0.2, 0.25) is 0 Å². The average molecular weight is 714 g/mol. The summed E-state index contributed by atoms with van der Waals surface area (Å²) in [5.41, 5.74) is -0.414. The van der Waals surface area contributed by atoms with Gasteiger partial charge in [-0.3, -0.25) is 9.69 Å². The van der Waals surface area contributed by atoms with E-state index in [9.17, 15) is 20.1 Å². The monoisotopic (exact) mass is 713 g/mol. The molecule has 7 aliphatic rings. The van der Waals surface area contributed by atoms with E-state index in [1.165, 1.54) is 0 Å². The molecule has 0 radical (unpaired) electrons. The van der Waals surface area contributed by atoms with Gasteiger partial charge in [0.1, 0.15) is 11.4 Å². The predicted molar refractivity (Wildman–Crippen MR) is 206 cm³/mol. The lowest BCUT2D eigenvalue weighted by atomic mass is 9.32. The van der Waals surface area contributed by atoms with Crippen LogP contribution in [0.25, 0.3) is 0 Å². The number of nitrogens with zero attached hydrogens (tertiary/aromatic N) is 1. The first kappa shape index (κ1) is 35.2. The van der Waals surface area contributed by atoms with Crippen molar-refractivity contribution in [3.8, 4) is 5.75 Å². The Hall–Kier alpha value is -3.55. The Kier molecular flexibility index (Phi) is 8.11. The minimum Gasteiger partial charge on any atom is -0.497 e. The van der Waals surface area contributed by atoms with Crippen LogP contribution in [0.1, 0.15) is 93.1 Å². The summed E-state index contributed by atoms with van der Waals surface area (Å²) in [6, 6.07) is 27.4. The summed E-state index contributed by atoms with van der Waals surface area (Å²) >= 11 is 0. The highest BCUT2D eigenvalue weighted by molar-refractivity contribution is 6.10. The van der Waals surface area contributed by atoms with Crippen LogP contribution in [0.3, 0.4) is 0 Å². The average Bonchev–Trinajstić information content (AvgIpc) is 3.76. The number of hydrogen-bond donors (Lipinski definition) is 3. The summed E-state index contributed by atoms with van der Waals surface area (Å²) in [5, 5.41) is 37.3. The molecular weight excluding hydrogens is 659 g/mol. The molecular formula is C47H55NO5. The lowest BCUT2D eigenvalue weighted by molar-refractivity contribution is -0.178. The zero-order chi connectivity index (χ0) is 36.9. The van der Waals surface area contributed by atoms with E-state index in [4.69, 9.17) is 4.74 Å². The Morgan fingerprint density at radius 1 is 0.830 bits per heavy atom. The second-order valence-electron chi connectivity index (χ2n) is 18.0. The lowest BCUT2D eigenvalue weighted by Crippen LogP contribution is -2.67. The van der Waals surface area contributed by atoms with E-state index in [0.29, 0.717) is 24.9 Å². The molecule has 4 fully saturated rings. The van der Waals surface area contributed by atoms with E-state index in [1.54, 1.807) is 7.11 Å². The van der Waals surface area contributed by atoms with Crippen LogP contribution < -0.4 is 4.74 Å². The molecule has 0 aromatic heterocycles. The predicted octanol–water partition coefficient (Wildman–Crippen LogP) is 7.87. The second kappa shape index (κ2) is 12.2. The lowest BCUT2D eigenvalue weighted by Gasteiger charge is -2.71. The first-order chi connectivity index (χ1) is 25.4. The van der Waals surface area contributed by atoms with Gasteiger partial charge in [0.05, 0.1) is 18.8 Å². The maximum Gasteiger partial charge on any atom is 0.189 e. The molecule has 53 heavy (non-hydrogen) atoms. The smallest absolute Gasteiger partial charge is 0.189 e. The number of hydrogen-bond acceptors (Lipinski definition) is 6. The van der Waals surface area contributed by atoms with Crippen molar-refractivity contribution < 1.29 is 24.9 Å². The third kappa shape index (κ3) is 4.74. The zero-order valence-corrected chi connectivity index (χ0v) is 31.5. The van der Waals surface area contributed by atoms with Crippen molar-refractivity contribution in [2.24, 2.45) is 33.5 Å². The highest BCUT2D eigenvalue weighted by Gasteiger charge is 2.74. The molecule has 9 atom stereocenters. The number of likely N-dealkylation sites (tertiary alicyclic amines) is 1. The number of methoxy groups -OCH3 is 1. The number of benzene rings is 3. The number of fused-ring (bicyclic) bond motifs is 1. The van der Waals surface area contributed by atoms with Gasteiger partial charge in [-0.2, -0.15) is 0 Å². The molecule has 3 aromatic carbocycles. The minimum atomic E-state index is -1.23. The molecule has 1 aliphatic heterocycles. The molecule has 278 valence electrons. The van der Waals surface area contributed by atoms with Crippen LogP contribution in [0, 0.1) is 33.5 Å².